The molecule has 2 atom stereocenters. The minimum Gasteiger partial charge on any atom is -0.381 e. The lowest BCUT2D eigenvalue weighted by Crippen LogP contribution is -2.48. The minimum absolute atomic E-state index is 0.0542. The van der Waals surface area contributed by atoms with E-state index < -0.39 is 6.04 Å². The Morgan fingerprint density at radius 1 is 1.45 bits per heavy atom. The standard InChI is InChI=1S/C17H27N3O2/c1-12(2)15(14-4-3-7-19-10-14)11-20-17(21)16(18)13-5-8-22-9-6-13/h3-4,7,10,12-13,15-16H,5-6,8-9,11,18H2,1-2H3,(H,20,21). The first-order valence-corrected chi connectivity index (χ1v) is 8.10. The first kappa shape index (κ1) is 16.9. The Morgan fingerprint density at radius 2 is 2.18 bits per heavy atom. The highest BCUT2D eigenvalue weighted by atomic mass is 16.5. The van der Waals surface area contributed by atoms with E-state index in [1.807, 2.05) is 12.3 Å². The number of nitrogens with one attached hydrogen (secondary N) is 1. The minimum atomic E-state index is -0.439. The van der Waals surface area contributed by atoms with Crippen molar-refractivity contribution < 1.29 is 9.53 Å². The van der Waals surface area contributed by atoms with E-state index in [0.29, 0.717) is 25.7 Å². The first-order valence-electron chi connectivity index (χ1n) is 8.10. The van der Waals surface area contributed by atoms with Crippen molar-refractivity contribution in [3.63, 3.8) is 0 Å². The van der Waals surface area contributed by atoms with E-state index in [1.54, 1.807) is 6.20 Å². The van der Waals surface area contributed by atoms with Crippen molar-refractivity contribution in [1.82, 2.24) is 10.3 Å². The predicted octanol–water partition coefficient (Wildman–Crippen LogP) is 1.69. The molecule has 0 saturated carbocycles. The van der Waals surface area contributed by atoms with Crippen LogP contribution in [0.1, 0.15) is 38.2 Å². The van der Waals surface area contributed by atoms with E-state index in [2.05, 4.69) is 30.2 Å². The molecule has 3 N–H and O–H groups in total. The maximum atomic E-state index is 12.3. The molecule has 5 nitrogen and oxygen atoms in total. The third-order valence-corrected chi connectivity index (χ3v) is 4.49. The molecule has 0 aromatic carbocycles. The summed E-state index contributed by atoms with van der Waals surface area (Å²) in [6.45, 7) is 6.31. The van der Waals surface area contributed by atoms with E-state index in [0.717, 1.165) is 18.4 Å². The Balaban J connectivity index is 1.90. The van der Waals surface area contributed by atoms with Crippen LogP contribution in [0.2, 0.25) is 0 Å². The van der Waals surface area contributed by atoms with Crippen molar-refractivity contribution in [2.75, 3.05) is 19.8 Å². The summed E-state index contributed by atoms with van der Waals surface area (Å²) in [6, 6.07) is 3.55. The highest BCUT2D eigenvalue weighted by Crippen LogP contribution is 2.23. The van der Waals surface area contributed by atoms with E-state index in [9.17, 15) is 4.79 Å². The number of hydrogen-bond donors (Lipinski definition) is 2. The molecule has 1 saturated heterocycles. The number of pyridine rings is 1. The summed E-state index contributed by atoms with van der Waals surface area (Å²) >= 11 is 0. The van der Waals surface area contributed by atoms with Gasteiger partial charge in [-0.15, -0.1) is 0 Å². The monoisotopic (exact) mass is 305 g/mol. The number of carbonyl (C=O) groups excluding carboxylic acids is 1. The molecule has 122 valence electrons. The van der Waals surface area contributed by atoms with E-state index >= 15 is 0 Å². The summed E-state index contributed by atoms with van der Waals surface area (Å²) in [5.74, 6) is 0.842. The second kappa shape index (κ2) is 8.25. The molecule has 1 aliphatic rings. The number of hydrogen-bond acceptors (Lipinski definition) is 4. The summed E-state index contributed by atoms with van der Waals surface area (Å²) in [7, 11) is 0. The Hall–Kier alpha value is -1.46. The SMILES string of the molecule is CC(C)C(CNC(=O)C(N)C1CCOCC1)c1cccnc1. The molecule has 1 fully saturated rings. The predicted molar refractivity (Wildman–Crippen MR) is 86.3 cm³/mol. The Morgan fingerprint density at radius 3 is 2.77 bits per heavy atom. The quantitative estimate of drug-likeness (QED) is 0.838. The van der Waals surface area contributed by atoms with Gasteiger partial charge in [-0.3, -0.25) is 9.78 Å². The van der Waals surface area contributed by atoms with Gasteiger partial charge in [0.1, 0.15) is 0 Å². The Labute approximate surface area is 132 Å². The highest BCUT2D eigenvalue weighted by Gasteiger charge is 2.27. The summed E-state index contributed by atoms with van der Waals surface area (Å²) in [6.07, 6.45) is 5.37. The highest BCUT2D eigenvalue weighted by molar-refractivity contribution is 5.81. The van der Waals surface area contributed by atoms with Crippen LogP contribution in [0.25, 0.3) is 0 Å². The molecule has 1 aromatic rings. The lowest BCUT2D eigenvalue weighted by molar-refractivity contribution is -0.124. The summed E-state index contributed by atoms with van der Waals surface area (Å²) in [5, 5.41) is 3.03. The van der Waals surface area contributed by atoms with Gasteiger partial charge in [0.2, 0.25) is 5.91 Å². The Kier molecular flexibility index (Phi) is 6.34. The van der Waals surface area contributed by atoms with Crippen LogP contribution in [-0.4, -0.2) is 36.7 Å². The van der Waals surface area contributed by atoms with Crippen LogP contribution in [0.5, 0.6) is 0 Å². The van der Waals surface area contributed by atoms with Crippen molar-refractivity contribution in [3.05, 3.63) is 30.1 Å². The number of carbonyl (C=O) groups is 1. The molecular formula is C17H27N3O2. The number of nitrogens with zero attached hydrogens (tertiary/aromatic N) is 1. The fraction of sp³-hybridized carbons (Fsp3) is 0.647. The second-order valence-electron chi connectivity index (χ2n) is 6.36. The van der Waals surface area contributed by atoms with Crippen LogP contribution in [0.4, 0.5) is 0 Å². The van der Waals surface area contributed by atoms with Gasteiger partial charge in [-0.25, -0.2) is 0 Å². The van der Waals surface area contributed by atoms with Gasteiger partial charge in [0.25, 0.3) is 0 Å². The molecule has 0 aliphatic carbocycles. The fourth-order valence-electron chi connectivity index (χ4n) is 2.95. The van der Waals surface area contributed by atoms with Crippen molar-refractivity contribution in [1.29, 1.82) is 0 Å². The largest absolute Gasteiger partial charge is 0.381 e. The molecule has 2 rings (SSSR count). The molecule has 0 bridgehead atoms. The molecule has 1 amide bonds. The van der Waals surface area contributed by atoms with Crippen LogP contribution in [0.15, 0.2) is 24.5 Å². The van der Waals surface area contributed by atoms with Crippen molar-refractivity contribution in [2.45, 2.75) is 38.6 Å². The van der Waals surface area contributed by atoms with E-state index in [4.69, 9.17) is 10.5 Å². The Bertz CT molecular complexity index is 458. The van der Waals surface area contributed by atoms with E-state index in [-0.39, 0.29) is 17.7 Å². The molecule has 22 heavy (non-hydrogen) atoms. The molecule has 2 unspecified atom stereocenters. The zero-order valence-electron chi connectivity index (χ0n) is 13.5. The fourth-order valence-corrected chi connectivity index (χ4v) is 2.95. The van der Waals surface area contributed by atoms with Crippen LogP contribution in [0, 0.1) is 11.8 Å². The van der Waals surface area contributed by atoms with Crippen molar-refractivity contribution in [3.8, 4) is 0 Å². The van der Waals surface area contributed by atoms with Crippen molar-refractivity contribution >= 4 is 5.91 Å². The summed E-state index contributed by atoms with van der Waals surface area (Å²) in [4.78, 5) is 16.5. The average molecular weight is 305 g/mol. The first-order chi connectivity index (χ1) is 10.6. The van der Waals surface area contributed by atoms with Crippen LogP contribution >= 0.6 is 0 Å². The van der Waals surface area contributed by atoms with Crippen molar-refractivity contribution in [2.24, 2.45) is 17.6 Å². The lowest BCUT2D eigenvalue weighted by Gasteiger charge is -2.28. The topological polar surface area (TPSA) is 77.2 Å². The maximum absolute atomic E-state index is 12.3. The van der Waals surface area contributed by atoms with Gasteiger partial charge in [0.15, 0.2) is 0 Å². The number of nitrogens with two attached hydrogens (primary N) is 1. The summed E-state index contributed by atoms with van der Waals surface area (Å²) < 4.78 is 5.32. The molecule has 2 heterocycles. The van der Waals surface area contributed by atoms with Crippen LogP contribution in [0.3, 0.4) is 0 Å². The normalized spacial score (nSPS) is 18.9. The number of rotatable bonds is 6. The molecular weight excluding hydrogens is 278 g/mol. The number of aromatic nitrogens is 1. The molecule has 0 radical (unpaired) electrons. The van der Waals surface area contributed by atoms with Crippen LogP contribution < -0.4 is 11.1 Å². The van der Waals surface area contributed by atoms with Gasteiger partial charge >= 0.3 is 0 Å². The number of ether oxygens (including phenoxy) is 1. The van der Waals surface area contributed by atoms with Gasteiger partial charge in [-0.05, 0) is 36.3 Å². The summed E-state index contributed by atoms with van der Waals surface area (Å²) in [5.41, 5.74) is 7.26. The van der Waals surface area contributed by atoms with Gasteiger partial charge in [-0.1, -0.05) is 19.9 Å². The maximum Gasteiger partial charge on any atom is 0.237 e. The van der Waals surface area contributed by atoms with Gasteiger partial charge in [-0.2, -0.15) is 0 Å². The molecule has 1 aromatic heterocycles. The van der Waals surface area contributed by atoms with Gasteiger partial charge < -0.3 is 15.8 Å². The number of amides is 1. The third-order valence-electron chi connectivity index (χ3n) is 4.49. The second-order valence-corrected chi connectivity index (χ2v) is 6.36. The average Bonchev–Trinajstić information content (AvgIpc) is 2.55. The lowest BCUT2D eigenvalue weighted by atomic mass is 9.88. The van der Waals surface area contributed by atoms with Gasteiger partial charge in [0, 0.05) is 38.1 Å². The van der Waals surface area contributed by atoms with Crippen LogP contribution in [-0.2, 0) is 9.53 Å². The van der Waals surface area contributed by atoms with E-state index in [1.165, 1.54) is 0 Å². The zero-order chi connectivity index (χ0) is 15.9. The van der Waals surface area contributed by atoms with Gasteiger partial charge in [0.05, 0.1) is 6.04 Å². The third kappa shape index (κ3) is 4.52. The molecule has 5 heteroatoms. The molecule has 0 spiro atoms. The zero-order valence-corrected chi connectivity index (χ0v) is 13.5. The molecule has 1 aliphatic heterocycles. The smallest absolute Gasteiger partial charge is 0.237 e.